The maximum atomic E-state index is 12.3. The van der Waals surface area contributed by atoms with E-state index in [0.29, 0.717) is 0 Å². The summed E-state index contributed by atoms with van der Waals surface area (Å²) in [5, 5.41) is 10.2. The predicted octanol–water partition coefficient (Wildman–Crippen LogP) is 1.92. The fraction of sp³-hybridized carbons (Fsp3) is 0. The number of benzene rings is 1. The summed E-state index contributed by atoms with van der Waals surface area (Å²) < 4.78 is 12.3. The van der Waals surface area contributed by atoms with E-state index in [1.54, 1.807) is 0 Å². The van der Waals surface area contributed by atoms with Crippen molar-refractivity contribution in [3.05, 3.63) is 46.6 Å². The summed E-state index contributed by atoms with van der Waals surface area (Å²) in [6, 6.07) is 3.16. The van der Waals surface area contributed by atoms with Gasteiger partial charge in [-0.15, -0.1) is 0 Å². The Morgan fingerprint density at radius 3 is 2.64 bits per heavy atom. The molecule has 0 aliphatic rings. The molecule has 11 heavy (non-hydrogen) atoms. The molecule has 0 bridgehead atoms. The highest BCUT2D eigenvalue weighted by atomic mass is 19.1. The van der Waals surface area contributed by atoms with Crippen molar-refractivity contribution in [2.75, 3.05) is 0 Å². The molecular formula is C7H5FNO2. The molecule has 0 unspecified atom stereocenters. The van der Waals surface area contributed by atoms with Gasteiger partial charge in [0.1, 0.15) is 5.82 Å². The Hall–Kier alpha value is -1.45. The molecule has 0 amide bonds. The number of nitrogens with zero attached hydrogens (tertiary/aromatic N) is 1. The van der Waals surface area contributed by atoms with Crippen LogP contribution in [-0.4, -0.2) is 4.92 Å². The van der Waals surface area contributed by atoms with Gasteiger partial charge in [-0.3, -0.25) is 10.1 Å². The summed E-state index contributed by atoms with van der Waals surface area (Å²) in [7, 11) is 0. The van der Waals surface area contributed by atoms with Gasteiger partial charge in [-0.25, -0.2) is 4.39 Å². The summed E-state index contributed by atoms with van der Waals surface area (Å²) in [4.78, 5) is 9.58. The van der Waals surface area contributed by atoms with E-state index in [9.17, 15) is 14.5 Å². The Kier molecular flexibility index (Phi) is 1.85. The Balaban J connectivity index is 3.20. The molecule has 0 fully saturated rings. The smallest absolute Gasteiger partial charge is 0.258 e. The van der Waals surface area contributed by atoms with E-state index in [4.69, 9.17) is 0 Å². The first-order valence-corrected chi connectivity index (χ1v) is 2.87. The SMILES string of the molecule is [CH2]c1cc(F)ccc1[N+](=O)[O-]. The van der Waals surface area contributed by atoms with Crippen LogP contribution in [-0.2, 0) is 0 Å². The number of hydrogen-bond acceptors (Lipinski definition) is 2. The van der Waals surface area contributed by atoms with E-state index in [1.165, 1.54) is 0 Å². The molecule has 0 atom stereocenters. The molecule has 0 N–H and O–H groups in total. The molecular weight excluding hydrogens is 149 g/mol. The quantitative estimate of drug-likeness (QED) is 0.458. The lowest BCUT2D eigenvalue weighted by atomic mass is 10.2. The van der Waals surface area contributed by atoms with Crippen LogP contribution in [0.1, 0.15) is 5.56 Å². The maximum absolute atomic E-state index is 12.3. The first kappa shape index (κ1) is 7.65. The van der Waals surface area contributed by atoms with Gasteiger partial charge in [0.25, 0.3) is 5.69 Å². The lowest BCUT2D eigenvalue weighted by Gasteiger charge is -1.94. The Labute approximate surface area is 62.6 Å². The third-order valence-electron chi connectivity index (χ3n) is 1.24. The van der Waals surface area contributed by atoms with E-state index >= 15 is 0 Å². The molecule has 0 aliphatic heterocycles. The zero-order valence-corrected chi connectivity index (χ0v) is 5.58. The minimum absolute atomic E-state index is 0.0926. The Bertz CT molecular complexity index is 298. The van der Waals surface area contributed by atoms with Gasteiger partial charge >= 0.3 is 0 Å². The average Bonchev–Trinajstić information content (AvgIpc) is 1.85. The van der Waals surface area contributed by atoms with Crippen molar-refractivity contribution in [2.45, 2.75) is 0 Å². The van der Waals surface area contributed by atoms with Gasteiger partial charge in [0.2, 0.25) is 0 Å². The minimum Gasteiger partial charge on any atom is -0.258 e. The van der Waals surface area contributed by atoms with E-state index < -0.39 is 10.7 Å². The van der Waals surface area contributed by atoms with Crippen molar-refractivity contribution >= 4 is 5.69 Å². The van der Waals surface area contributed by atoms with E-state index in [2.05, 4.69) is 6.92 Å². The number of halogens is 1. The van der Waals surface area contributed by atoms with Crippen LogP contribution in [0.2, 0.25) is 0 Å². The van der Waals surface area contributed by atoms with Gasteiger partial charge in [0, 0.05) is 11.6 Å². The third-order valence-corrected chi connectivity index (χ3v) is 1.24. The molecule has 3 nitrogen and oxygen atoms in total. The average molecular weight is 154 g/mol. The van der Waals surface area contributed by atoms with Crippen molar-refractivity contribution in [1.29, 1.82) is 0 Å². The molecule has 1 aromatic carbocycles. The van der Waals surface area contributed by atoms with E-state index in [0.717, 1.165) is 18.2 Å². The molecule has 0 aliphatic carbocycles. The second-order valence-electron chi connectivity index (χ2n) is 2.03. The number of nitro groups is 1. The van der Waals surface area contributed by atoms with Crippen LogP contribution in [0.15, 0.2) is 18.2 Å². The molecule has 1 rings (SSSR count). The van der Waals surface area contributed by atoms with Gasteiger partial charge in [0.15, 0.2) is 0 Å². The first-order valence-electron chi connectivity index (χ1n) is 2.87. The van der Waals surface area contributed by atoms with Gasteiger partial charge in [-0.05, 0) is 19.1 Å². The van der Waals surface area contributed by atoms with Crippen molar-refractivity contribution in [3.8, 4) is 0 Å². The summed E-state index contributed by atoms with van der Waals surface area (Å²) in [6.07, 6.45) is 0. The molecule has 1 radical (unpaired) electrons. The largest absolute Gasteiger partial charge is 0.272 e. The highest BCUT2D eigenvalue weighted by Gasteiger charge is 2.09. The second-order valence-corrected chi connectivity index (χ2v) is 2.03. The Morgan fingerprint density at radius 1 is 1.55 bits per heavy atom. The van der Waals surface area contributed by atoms with Crippen molar-refractivity contribution < 1.29 is 9.31 Å². The predicted molar refractivity (Wildman–Crippen MR) is 37.5 cm³/mol. The van der Waals surface area contributed by atoms with Crippen molar-refractivity contribution in [2.24, 2.45) is 0 Å². The van der Waals surface area contributed by atoms with E-state index in [-0.39, 0.29) is 11.3 Å². The molecule has 4 heteroatoms. The molecule has 0 saturated carbocycles. The van der Waals surface area contributed by atoms with Crippen LogP contribution in [0, 0.1) is 22.9 Å². The molecule has 1 aromatic rings. The number of nitro benzene ring substituents is 1. The van der Waals surface area contributed by atoms with Gasteiger partial charge in [-0.2, -0.15) is 0 Å². The van der Waals surface area contributed by atoms with Gasteiger partial charge < -0.3 is 0 Å². The summed E-state index contributed by atoms with van der Waals surface area (Å²) in [5.41, 5.74) is -0.0681. The van der Waals surface area contributed by atoms with E-state index in [1.807, 2.05) is 0 Å². The second kappa shape index (κ2) is 2.65. The highest BCUT2D eigenvalue weighted by Crippen LogP contribution is 2.17. The van der Waals surface area contributed by atoms with Crippen molar-refractivity contribution in [3.63, 3.8) is 0 Å². The van der Waals surface area contributed by atoms with Gasteiger partial charge in [-0.1, -0.05) is 0 Å². The normalized spacial score (nSPS) is 9.64. The summed E-state index contributed by atoms with van der Waals surface area (Å²) >= 11 is 0. The molecule has 0 aromatic heterocycles. The third kappa shape index (κ3) is 1.52. The van der Waals surface area contributed by atoms with Crippen LogP contribution >= 0.6 is 0 Å². The van der Waals surface area contributed by atoms with Crippen LogP contribution in [0.5, 0.6) is 0 Å². The lowest BCUT2D eigenvalue weighted by Crippen LogP contribution is -1.91. The van der Waals surface area contributed by atoms with Crippen molar-refractivity contribution in [1.82, 2.24) is 0 Å². The number of hydrogen-bond donors (Lipinski definition) is 0. The fourth-order valence-electron chi connectivity index (χ4n) is 0.732. The number of rotatable bonds is 1. The molecule has 0 heterocycles. The summed E-state index contributed by atoms with van der Waals surface area (Å²) in [5.74, 6) is -0.513. The zero-order valence-electron chi connectivity index (χ0n) is 5.58. The molecule has 57 valence electrons. The van der Waals surface area contributed by atoms with Gasteiger partial charge in [0.05, 0.1) is 4.92 Å². The van der Waals surface area contributed by atoms with Crippen LogP contribution in [0.3, 0.4) is 0 Å². The minimum atomic E-state index is -0.595. The monoisotopic (exact) mass is 154 g/mol. The maximum Gasteiger partial charge on any atom is 0.272 e. The standard InChI is InChI=1S/C7H5FNO2/c1-5-4-6(8)2-3-7(5)9(10)11/h2-4H,1H2. The fourth-order valence-corrected chi connectivity index (χ4v) is 0.732. The summed E-state index contributed by atoms with van der Waals surface area (Å²) in [6.45, 7) is 3.32. The zero-order chi connectivity index (χ0) is 8.43. The van der Waals surface area contributed by atoms with Crippen LogP contribution in [0.25, 0.3) is 0 Å². The lowest BCUT2D eigenvalue weighted by molar-refractivity contribution is -0.385. The van der Waals surface area contributed by atoms with Crippen LogP contribution < -0.4 is 0 Å². The molecule has 0 saturated heterocycles. The topological polar surface area (TPSA) is 43.1 Å². The Morgan fingerprint density at radius 2 is 2.18 bits per heavy atom. The van der Waals surface area contributed by atoms with Crippen LogP contribution in [0.4, 0.5) is 10.1 Å². The highest BCUT2D eigenvalue weighted by molar-refractivity contribution is 5.41. The first-order chi connectivity index (χ1) is 5.11. The molecule has 0 spiro atoms.